The minimum Gasteiger partial charge on any atom is -0.492 e. The number of halogens is 1. The zero-order valence-corrected chi connectivity index (χ0v) is 12.7. The molecule has 20 heavy (non-hydrogen) atoms. The van der Waals surface area contributed by atoms with Crippen LogP contribution in [0.5, 0.6) is 5.75 Å². The topological polar surface area (TPSA) is 35.2 Å². The van der Waals surface area contributed by atoms with Gasteiger partial charge in [0, 0.05) is 11.1 Å². The number of hydrogen-bond donors (Lipinski definition) is 1. The molecule has 1 unspecified atom stereocenters. The Morgan fingerprint density at radius 1 is 1.05 bits per heavy atom. The molecule has 0 aliphatic carbocycles. The van der Waals surface area contributed by atoms with Crippen LogP contribution < -0.4 is 10.5 Å². The standard InChI is InChI=1S/C17H20ClNO/c1-12-3-4-14(9-13(12)2)10-16(19)11-20-17-7-5-15(18)6-8-17/h3-9,16H,10-11,19H2,1-2H3. The van der Waals surface area contributed by atoms with Crippen molar-refractivity contribution in [1.82, 2.24) is 0 Å². The summed E-state index contributed by atoms with van der Waals surface area (Å²) in [6.45, 7) is 4.73. The van der Waals surface area contributed by atoms with Crippen LogP contribution in [0.1, 0.15) is 16.7 Å². The molecule has 0 aromatic heterocycles. The van der Waals surface area contributed by atoms with Gasteiger partial charge in [0.1, 0.15) is 12.4 Å². The van der Waals surface area contributed by atoms with E-state index in [2.05, 4.69) is 32.0 Å². The Morgan fingerprint density at radius 2 is 1.75 bits per heavy atom. The summed E-state index contributed by atoms with van der Waals surface area (Å²) in [7, 11) is 0. The van der Waals surface area contributed by atoms with Gasteiger partial charge in [-0.3, -0.25) is 0 Å². The van der Waals surface area contributed by atoms with Crippen LogP contribution in [0.3, 0.4) is 0 Å². The van der Waals surface area contributed by atoms with Crippen molar-refractivity contribution >= 4 is 11.6 Å². The highest BCUT2D eigenvalue weighted by molar-refractivity contribution is 6.30. The van der Waals surface area contributed by atoms with E-state index in [4.69, 9.17) is 22.1 Å². The zero-order valence-electron chi connectivity index (χ0n) is 11.9. The van der Waals surface area contributed by atoms with Gasteiger partial charge in [0.15, 0.2) is 0 Å². The molecule has 3 heteroatoms. The van der Waals surface area contributed by atoms with Crippen molar-refractivity contribution in [3.8, 4) is 5.75 Å². The monoisotopic (exact) mass is 289 g/mol. The summed E-state index contributed by atoms with van der Waals surface area (Å²) in [6.07, 6.45) is 0.814. The second kappa shape index (κ2) is 6.78. The van der Waals surface area contributed by atoms with Gasteiger partial charge in [-0.05, 0) is 61.2 Å². The van der Waals surface area contributed by atoms with E-state index in [9.17, 15) is 0 Å². The molecule has 1 atom stereocenters. The minimum atomic E-state index is -0.0206. The predicted octanol–water partition coefficient (Wildman–Crippen LogP) is 3.91. The van der Waals surface area contributed by atoms with Gasteiger partial charge in [-0.15, -0.1) is 0 Å². The number of rotatable bonds is 5. The molecular weight excluding hydrogens is 270 g/mol. The first-order chi connectivity index (χ1) is 9.54. The summed E-state index contributed by atoms with van der Waals surface area (Å²) >= 11 is 5.83. The van der Waals surface area contributed by atoms with E-state index in [-0.39, 0.29) is 6.04 Å². The average Bonchev–Trinajstić information content (AvgIpc) is 2.42. The van der Waals surface area contributed by atoms with E-state index in [1.165, 1.54) is 16.7 Å². The minimum absolute atomic E-state index is 0.0206. The Labute approximate surface area is 125 Å². The van der Waals surface area contributed by atoms with Crippen LogP contribution in [0.2, 0.25) is 5.02 Å². The molecule has 0 saturated heterocycles. The van der Waals surface area contributed by atoms with Crippen molar-refractivity contribution in [2.24, 2.45) is 5.73 Å². The van der Waals surface area contributed by atoms with Crippen LogP contribution in [-0.2, 0) is 6.42 Å². The van der Waals surface area contributed by atoms with Gasteiger partial charge in [0.25, 0.3) is 0 Å². The lowest BCUT2D eigenvalue weighted by atomic mass is 10.0. The van der Waals surface area contributed by atoms with E-state index >= 15 is 0 Å². The molecule has 2 rings (SSSR count). The van der Waals surface area contributed by atoms with Crippen LogP contribution in [-0.4, -0.2) is 12.6 Å². The summed E-state index contributed by atoms with van der Waals surface area (Å²) in [4.78, 5) is 0. The molecule has 2 nitrogen and oxygen atoms in total. The molecule has 0 amide bonds. The highest BCUT2D eigenvalue weighted by atomic mass is 35.5. The first-order valence-corrected chi connectivity index (χ1v) is 7.12. The van der Waals surface area contributed by atoms with Gasteiger partial charge >= 0.3 is 0 Å². The highest BCUT2D eigenvalue weighted by Crippen LogP contribution is 2.16. The van der Waals surface area contributed by atoms with E-state index in [1.807, 2.05) is 24.3 Å². The zero-order chi connectivity index (χ0) is 14.5. The van der Waals surface area contributed by atoms with Crippen molar-refractivity contribution in [3.63, 3.8) is 0 Å². The van der Waals surface area contributed by atoms with Crippen LogP contribution in [0.15, 0.2) is 42.5 Å². The van der Waals surface area contributed by atoms with Gasteiger partial charge < -0.3 is 10.5 Å². The Balaban J connectivity index is 1.87. The van der Waals surface area contributed by atoms with Crippen LogP contribution in [0.25, 0.3) is 0 Å². The largest absolute Gasteiger partial charge is 0.492 e. The van der Waals surface area contributed by atoms with Crippen molar-refractivity contribution in [2.45, 2.75) is 26.3 Å². The fourth-order valence-corrected chi connectivity index (χ4v) is 2.15. The number of ether oxygens (including phenoxy) is 1. The van der Waals surface area contributed by atoms with Crippen molar-refractivity contribution in [2.75, 3.05) is 6.61 Å². The SMILES string of the molecule is Cc1ccc(CC(N)COc2ccc(Cl)cc2)cc1C. The van der Waals surface area contributed by atoms with Crippen LogP contribution >= 0.6 is 11.6 Å². The normalized spacial score (nSPS) is 12.2. The Bertz CT molecular complexity index is 566. The maximum atomic E-state index is 6.12. The maximum Gasteiger partial charge on any atom is 0.119 e. The molecule has 0 fully saturated rings. The third-order valence-corrected chi connectivity index (χ3v) is 3.60. The molecule has 2 N–H and O–H groups in total. The van der Waals surface area contributed by atoms with Gasteiger partial charge in [-0.25, -0.2) is 0 Å². The summed E-state index contributed by atoms with van der Waals surface area (Å²) in [5.41, 5.74) is 9.98. The van der Waals surface area contributed by atoms with E-state index in [0.717, 1.165) is 12.2 Å². The lowest BCUT2D eigenvalue weighted by Gasteiger charge is -2.14. The molecule has 0 aliphatic heterocycles. The highest BCUT2D eigenvalue weighted by Gasteiger charge is 2.06. The fraction of sp³-hybridized carbons (Fsp3) is 0.294. The van der Waals surface area contributed by atoms with E-state index in [1.54, 1.807) is 0 Å². The number of aryl methyl sites for hydroxylation is 2. The van der Waals surface area contributed by atoms with Gasteiger partial charge in [-0.2, -0.15) is 0 Å². The van der Waals surface area contributed by atoms with Crippen molar-refractivity contribution in [3.05, 3.63) is 64.2 Å². The molecule has 2 aromatic carbocycles. The number of nitrogens with two attached hydrogens (primary N) is 1. The smallest absolute Gasteiger partial charge is 0.119 e. The number of benzene rings is 2. The molecule has 0 bridgehead atoms. The Hall–Kier alpha value is -1.51. The van der Waals surface area contributed by atoms with Crippen molar-refractivity contribution < 1.29 is 4.74 Å². The van der Waals surface area contributed by atoms with E-state index in [0.29, 0.717) is 11.6 Å². The van der Waals surface area contributed by atoms with Crippen LogP contribution in [0, 0.1) is 13.8 Å². The lowest BCUT2D eigenvalue weighted by molar-refractivity contribution is 0.287. The first-order valence-electron chi connectivity index (χ1n) is 6.74. The molecule has 0 radical (unpaired) electrons. The predicted molar refractivity (Wildman–Crippen MR) is 84.5 cm³/mol. The first kappa shape index (κ1) is 14.9. The molecular formula is C17H20ClNO. The molecule has 0 saturated carbocycles. The Morgan fingerprint density at radius 3 is 2.40 bits per heavy atom. The average molecular weight is 290 g/mol. The molecule has 2 aromatic rings. The van der Waals surface area contributed by atoms with Gasteiger partial charge in [0.05, 0.1) is 0 Å². The van der Waals surface area contributed by atoms with Gasteiger partial charge in [-0.1, -0.05) is 29.8 Å². The second-order valence-electron chi connectivity index (χ2n) is 5.15. The molecule has 106 valence electrons. The number of hydrogen-bond acceptors (Lipinski definition) is 2. The molecule has 0 spiro atoms. The summed E-state index contributed by atoms with van der Waals surface area (Å²) in [5.74, 6) is 0.796. The molecule has 0 heterocycles. The summed E-state index contributed by atoms with van der Waals surface area (Å²) in [6, 6.07) is 13.8. The molecule has 0 aliphatic rings. The third-order valence-electron chi connectivity index (χ3n) is 3.35. The van der Waals surface area contributed by atoms with E-state index < -0.39 is 0 Å². The summed E-state index contributed by atoms with van der Waals surface area (Å²) in [5, 5.41) is 0.705. The second-order valence-corrected chi connectivity index (χ2v) is 5.58. The Kier molecular flexibility index (Phi) is 5.05. The van der Waals surface area contributed by atoms with Crippen molar-refractivity contribution in [1.29, 1.82) is 0 Å². The fourth-order valence-electron chi connectivity index (χ4n) is 2.03. The quantitative estimate of drug-likeness (QED) is 0.906. The van der Waals surface area contributed by atoms with Crippen LogP contribution in [0.4, 0.5) is 0 Å². The third kappa shape index (κ3) is 4.26. The van der Waals surface area contributed by atoms with Gasteiger partial charge in [0.2, 0.25) is 0 Å². The summed E-state index contributed by atoms with van der Waals surface area (Å²) < 4.78 is 5.67. The lowest BCUT2D eigenvalue weighted by Crippen LogP contribution is -2.30. The maximum absolute atomic E-state index is 6.12.